The summed E-state index contributed by atoms with van der Waals surface area (Å²) in [5.41, 5.74) is 2.94. The Balaban J connectivity index is 2.18. The predicted molar refractivity (Wildman–Crippen MR) is 109 cm³/mol. The number of allylic oxidation sites excluding steroid dienone is 1. The van der Waals surface area contributed by atoms with E-state index in [4.69, 9.17) is 4.74 Å². The summed E-state index contributed by atoms with van der Waals surface area (Å²) >= 11 is 1.65. The van der Waals surface area contributed by atoms with E-state index in [1.165, 1.54) is 0 Å². The van der Waals surface area contributed by atoms with Crippen LogP contribution in [-0.4, -0.2) is 29.4 Å². The largest absolute Gasteiger partial charge is 0.485 e. The number of ether oxygens (including phenoxy) is 1. The van der Waals surface area contributed by atoms with Crippen LogP contribution in [0.2, 0.25) is 0 Å². The maximum absolute atomic E-state index is 12.3. The predicted octanol–water partition coefficient (Wildman–Crippen LogP) is 5.07. The van der Waals surface area contributed by atoms with Gasteiger partial charge in [-0.2, -0.15) is 0 Å². The lowest BCUT2D eigenvalue weighted by atomic mass is 10.0. The average Bonchev–Trinajstić information content (AvgIpc) is 2.63. The lowest BCUT2D eigenvalue weighted by Gasteiger charge is -2.26. The molecule has 4 heteroatoms. The zero-order chi connectivity index (χ0) is 19.3. The van der Waals surface area contributed by atoms with Gasteiger partial charge < -0.3 is 9.84 Å². The highest BCUT2D eigenvalue weighted by molar-refractivity contribution is 7.98. The van der Waals surface area contributed by atoms with E-state index in [0.29, 0.717) is 5.56 Å². The zero-order valence-corrected chi connectivity index (χ0v) is 16.8. The van der Waals surface area contributed by atoms with Crippen molar-refractivity contribution in [2.24, 2.45) is 0 Å². The second kappa shape index (κ2) is 8.56. The molecule has 0 radical (unpaired) electrons. The third-order valence-electron chi connectivity index (χ3n) is 4.04. The summed E-state index contributed by atoms with van der Waals surface area (Å²) in [5, 5.41) is 9.40. The Kier molecular flexibility index (Phi) is 6.68. The van der Waals surface area contributed by atoms with Gasteiger partial charge in [0.05, 0.1) is 6.61 Å². The maximum atomic E-state index is 12.3. The van der Waals surface area contributed by atoms with Crippen molar-refractivity contribution in [1.82, 2.24) is 0 Å². The van der Waals surface area contributed by atoms with E-state index in [1.807, 2.05) is 76.4 Å². The number of hydrogen-bond acceptors (Lipinski definition) is 4. The fourth-order valence-corrected chi connectivity index (χ4v) is 2.98. The normalized spacial score (nSPS) is 11.8. The minimum absolute atomic E-state index is 0.0188. The summed E-state index contributed by atoms with van der Waals surface area (Å²) in [6.45, 7) is 7.57. The molecule has 0 amide bonds. The molecule has 0 saturated heterocycles. The van der Waals surface area contributed by atoms with Gasteiger partial charge in [-0.15, -0.1) is 11.8 Å². The second-order valence-corrected chi connectivity index (χ2v) is 7.81. The van der Waals surface area contributed by atoms with Crippen molar-refractivity contribution in [1.29, 1.82) is 0 Å². The topological polar surface area (TPSA) is 46.5 Å². The minimum atomic E-state index is -0.633. The van der Waals surface area contributed by atoms with Gasteiger partial charge in [0.25, 0.3) is 0 Å². The number of thioether (sulfide) groups is 1. The van der Waals surface area contributed by atoms with Crippen molar-refractivity contribution in [3.63, 3.8) is 0 Å². The molecule has 0 bridgehead atoms. The maximum Gasteiger partial charge on any atom is 0.185 e. The number of aryl methyl sites for hydroxylation is 2. The Bertz CT molecular complexity index is 782. The van der Waals surface area contributed by atoms with E-state index in [2.05, 4.69) is 0 Å². The molecule has 0 spiro atoms. The van der Waals surface area contributed by atoms with Gasteiger partial charge in [-0.1, -0.05) is 6.08 Å². The Labute approximate surface area is 160 Å². The molecular formula is C22H26O3S. The number of hydrogen-bond donors (Lipinski definition) is 1. The molecule has 0 saturated carbocycles. The Morgan fingerprint density at radius 2 is 1.73 bits per heavy atom. The lowest BCUT2D eigenvalue weighted by molar-refractivity contribution is 0.0401. The third kappa shape index (κ3) is 5.23. The number of carbonyl (C=O) groups is 1. The van der Waals surface area contributed by atoms with Crippen molar-refractivity contribution < 1.29 is 14.6 Å². The standard InChI is InChI=1S/C22H26O3S/c1-15-12-17(13-16(2)21(15)25-22(3,4)14-23)6-11-20(24)18-7-9-19(26-5)10-8-18/h6-13,23H,14H2,1-5H3/b11-6+. The van der Waals surface area contributed by atoms with Crippen molar-refractivity contribution in [3.05, 3.63) is 64.7 Å². The van der Waals surface area contributed by atoms with Gasteiger partial charge in [0.2, 0.25) is 0 Å². The molecule has 0 aliphatic heterocycles. The minimum Gasteiger partial charge on any atom is -0.485 e. The van der Waals surface area contributed by atoms with E-state index in [9.17, 15) is 9.90 Å². The van der Waals surface area contributed by atoms with Gasteiger partial charge in [-0.25, -0.2) is 0 Å². The molecule has 0 aliphatic carbocycles. The van der Waals surface area contributed by atoms with Crippen LogP contribution in [-0.2, 0) is 0 Å². The molecule has 0 aliphatic rings. The second-order valence-electron chi connectivity index (χ2n) is 6.93. The number of aliphatic hydroxyl groups is 1. The first-order valence-corrected chi connectivity index (χ1v) is 9.76. The third-order valence-corrected chi connectivity index (χ3v) is 4.79. The highest BCUT2D eigenvalue weighted by atomic mass is 32.2. The molecule has 26 heavy (non-hydrogen) atoms. The number of aliphatic hydroxyl groups excluding tert-OH is 1. The van der Waals surface area contributed by atoms with E-state index < -0.39 is 5.60 Å². The van der Waals surface area contributed by atoms with Crippen molar-refractivity contribution in [3.8, 4) is 5.75 Å². The highest BCUT2D eigenvalue weighted by Gasteiger charge is 2.20. The van der Waals surface area contributed by atoms with Crippen LogP contribution in [0, 0.1) is 13.8 Å². The molecule has 0 aromatic heterocycles. The fraction of sp³-hybridized carbons (Fsp3) is 0.318. The molecule has 3 nitrogen and oxygen atoms in total. The monoisotopic (exact) mass is 370 g/mol. The number of carbonyl (C=O) groups excluding carboxylic acids is 1. The van der Waals surface area contributed by atoms with Gasteiger partial charge >= 0.3 is 0 Å². The Morgan fingerprint density at radius 1 is 1.15 bits per heavy atom. The number of ketones is 1. The number of rotatable bonds is 7. The Hall–Kier alpha value is -2.04. The smallest absolute Gasteiger partial charge is 0.185 e. The van der Waals surface area contributed by atoms with E-state index in [1.54, 1.807) is 17.8 Å². The molecular weight excluding hydrogens is 344 g/mol. The molecule has 2 rings (SSSR count). The molecule has 0 heterocycles. The molecule has 0 fully saturated rings. The first kappa shape index (κ1) is 20.3. The molecule has 0 atom stereocenters. The van der Waals surface area contributed by atoms with Crippen LogP contribution in [0.4, 0.5) is 0 Å². The quantitative estimate of drug-likeness (QED) is 0.420. The summed E-state index contributed by atoms with van der Waals surface area (Å²) in [7, 11) is 0. The van der Waals surface area contributed by atoms with Crippen molar-refractivity contribution in [2.45, 2.75) is 38.2 Å². The molecule has 0 unspecified atom stereocenters. The highest BCUT2D eigenvalue weighted by Crippen LogP contribution is 2.29. The van der Waals surface area contributed by atoms with Crippen LogP contribution in [0.15, 0.2) is 47.4 Å². The summed E-state index contributed by atoms with van der Waals surface area (Å²) < 4.78 is 5.94. The zero-order valence-electron chi connectivity index (χ0n) is 16.0. The van der Waals surface area contributed by atoms with Crippen molar-refractivity contribution in [2.75, 3.05) is 12.9 Å². The van der Waals surface area contributed by atoms with Crippen molar-refractivity contribution >= 4 is 23.6 Å². The number of benzene rings is 2. The van der Waals surface area contributed by atoms with Crippen LogP contribution >= 0.6 is 11.8 Å². The molecule has 2 aromatic rings. The lowest BCUT2D eigenvalue weighted by Crippen LogP contribution is -2.33. The summed E-state index contributed by atoms with van der Waals surface area (Å²) in [4.78, 5) is 13.5. The van der Waals surface area contributed by atoms with E-state index in [-0.39, 0.29) is 12.4 Å². The van der Waals surface area contributed by atoms with Crippen LogP contribution in [0.25, 0.3) is 6.08 Å². The Morgan fingerprint density at radius 3 is 2.23 bits per heavy atom. The van der Waals surface area contributed by atoms with Gasteiger partial charge in [-0.05, 0) is 93.1 Å². The summed E-state index contributed by atoms with van der Waals surface area (Å²) in [6.07, 6.45) is 5.43. The van der Waals surface area contributed by atoms with E-state index >= 15 is 0 Å². The van der Waals surface area contributed by atoms with Crippen LogP contribution in [0.5, 0.6) is 5.75 Å². The van der Waals surface area contributed by atoms with Crippen LogP contribution < -0.4 is 4.74 Å². The first-order valence-electron chi connectivity index (χ1n) is 8.53. The molecule has 1 N–H and O–H groups in total. The SMILES string of the molecule is CSc1ccc(C(=O)/C=C/c2cc(C)c(OC(C)(C)CO)c(C)c2)cc1. The van der Waals surface area contributed by atoms with Gasteiger partial charge in [0.1, 0.15) is 11.4 Å². The van der Waals surface area contributed by atoms with Crippen LogP contribution in [0.3, 0.4) is 0 Å². The first-order chi connectivity index (χ1) is 12.3. The van der Waals surface area contributed by atoms with Gasteiger partial charge in [-0.3, -0.25) is 4.79 Å². The van der Waals surface area contributed by atoms with Crippen LogP contribution in [0.1, 0.15) is 40.9 Å². The fourth-order valence-electron chi connectivity index (χ4n) is 2.57. The van der Waals surface area contributed by atoms with Gasteiger partial charge in [0, 0.05) is 10.5 Å². The average molecular weight is 371 g/mol. The summed E-state index contributed by atoms with van der Waals surface area (Å²) in [6, 6.07) is 11.6. The molecule has 138 valence electrons. The molecule has 2 aromatic carbocycles. The van der Waals surface area contributed by atoms with E-state index in [0.717, 1.165) is 27.3 Å². The summed E-state index contributed by atoms with van der Waals surface area (Å²) in [5.74, 6) is 0.759. The van der Waals surface area contributed by atoms with Gasteiger partial charge in [0.15, 0.2) is 5.78 Å².